The smallest absolute Gasteiger partial charge is 0.264 e. The molecule has 7 heteroatoms. The van der Waals surface area contributed by atoms with Gasteiger partial charge in [0, 0.05) is 23.0 Å². The molecule has 0 atom stereocenters. The van der Waals surface area contributed by atoms with E-state index in [9.17, 15) is 8.42 Å². The quantitative estimate of drug-likeness (QED) is 0.472. The number of fused-ring (bicyclic) bond motifs is 1. The van der Waals surface area contributed by atoms with Gasteiger partial charge in [-0.3, -0.25) is 9.17 Å². The van der Waals surface area contributed by atoms with Crippen LogP contribution in [0.5, 0.6) is 5.75 Å². The maximum absolute atomic E-state index is 11.3. The van der Waals surface area contributed by atoms with Crippen LogP contribution in [-0.4, -0.2) is 26.3 Å². The first kappa shape index (κ1) is 21.6. The van der Waals surface area contributed by atoms with Crippen LogP contribution in [0.15, 0.2) is 54.7 Å². The van der Waals surface area contributed by atoms with Crippen LogP contribution in [0.3, 0.4) is 0 Å². The zero-order valence-corrected chi connectivity index (χ0v) is 18.5. The van der Waals surface area contributed by atoms with E-state index < -0.39 is 10.1 Å². The zero-order chi connectivity index (χ0) is 21.7. The molecule has 0 saturated heterocycles. The fraction of sp³-hybridized carbons (Fsp3) is 0.375. The highest BCUT2D eigenvalue weighted by Gasteiger charge is 2.14. The number of aromatic nitrogens is 1. The maximum atomic E-state index is 11.3. The summed E-state index contributed by atoms with van der Waals surface area (Å²) in [5.74, 6) is 1.56. The van der Waals surface area contributed by atoms with E-state index in [-0.39, 0.29) is 6.61 Å². The number of benzene rings is 2. The van der Waals surface area contributed by atoms with Gasteiger partial charge in [0.15, 0.2) is 0 Å². The second kappa shape index (κ2) is 9.66. The van der Waals surface area contributed by atoms with Crippen LogP contribution in [0.1, 0.15) is 37.7 Å². The second-order valence-electron chi connectivity index (χ2n) is 8.14. The summed E-state index contributed by atoms with van der Waals surface area (Å²) in [6.07, 6.45) is 9.33. The van der Waals surface area contributed by atoms with Crippen LogP contribution in [0.25, 0.3) is 10.9 Å². The van der Waals surface area contributed by atoms with Gasteiger partial charge < -0.3 is 10.1 Å². The van der Waals surface area contributed by atoms with Gasteiger partial charge in [0.1, 0.15) is 5.75 Å². The van der Waals surface area contributed by atoms with Gasteiger partial charge in [-0.1, -0.05) is 25.3 Å². The molecule has 0 radical (unpaired) electrons. The molecule has 0 spiro atoms. The third-order valence-corrected chi connectivity index (χ3v) is 6.14. The molecule has 4 rings (SSSR count). The van der Waals surface area contributed by atoms with Crippen LogP contribution in [0.2, 0.25) is 0 Å². The predicted molar refractivity (Wildman–Crippen MR) is 123 cm³/mol. The van der Waals surface area contributed by atoms with Crippen LogP contribution in [0, 0.1) is 5.92 Å². The normalized spacial score (nSPS) is 15.1. The lowest BCUT2D eigenvalue weighted by Crippen LogP contribution is -2.15. The lowest BCUT2D eigenvalue weighted by Gasteiger charge is -2.21. The molecule has 1 heterocycles. The van der Waals surface area contributed by atoms with Crippen molar-refractivity contribution >= 4 is 32.4 Å². The van der Waals surface area contributed by atoms with Crippen molar-refractivity contribution in [3.63, 3.8) is 0 Å². The van der Waals surface area contributed by atoms with Crippen molar-refractivity contribution in [2.24, 2.45) is 5.92 Å². The Bertz CT molecular complexity index is 1120. The summed E-state index contributed by atoms with van der Waals surface area (Å²) in [7, 11) is -3.49. The Kier molecular flexibility index (Phi) is 6.73. The Morgan fingerprint density at radius 1 is 1.03 bits per heavy atom. The highest BCUT2D eigenvalue weighted by molar-refractivity contribution is 7.85. The molecule has 0 unspecified atom stereocenters. The lowest BCUT2D eigenvalue weighted by molar-refractivity contribution is 0.209. The minimum atomic E-state index is -3.49. The van der Waals surface area contributed by atoms with Crippen molar-refractivity contribution in [2.45, 2.75) is 38.7 Å². The Hall–Kier alpha value is -2.64. The molecule has 1 aromatic heterocycles. The second-order valence-corrected chi connectivity index (χ2v) is 9.78. The fourth-order valence-electron chi connectivity index (χ4n) is 3.93. The molecule has 1 N–H and O–H groups in total. The Balaban J connectivity index is 1.44. The molecule has 1 aliphatic carbocycles. The molecule has 1 fully saturated rings. The van der Waals surface area contributed by atoms with Crippen LogP contribution >= 0.6 is 0 Å². The van der Waals surface area contributed by atoms with Crippen LogP contribution in [-0.2, 0) is 20.9 Å². The van der Waals surface area contributed by atoms with Gasteiger partial charge in [0.2, 0.25) is 0 Å². The van der Waals surface area contributed by atoms with E-state index in [0.717, 1.165) is 46.5 Å². The average Bonchev–Trinajstić information content (AvgIpc) is 2.78. The first-order valence-corrected chi connectivity index (χ1v) is 12.5. The zero-order valence-electron chi connectivity index (χ0n) is 17.7. The molecule has 164 valence electrons. The number of anilines is 2. The van der Waals surface area contributed by atoms with E-state index in [1.54, 1.807) is 6.20 Å². The molecule has 3 aromatic rings. The molecule has 31 heavy (non-hydrogen) atoms. The van der Waals surface area contributed by atoms with Crippen molar-refractivity contribution in [1.82, 2.24) is 4.98 Å². The molecular formula is C24H28N2O4S. The van der Waals surface area contributed by atoms with Gasteiger partial charge in [-0.25, -0.2) is 0 Å². The molecule has 0 amide bonds. The highest BCUT2D eigenvalue weighted by Crippen LogP contribution is 2.28. The number of pyridine rings is 1. The van der Waals surface area contributed by atoms with Gasteiger partial charge in [-0.2, -0.15) is 8.42 Å². The number of hydrogen-bond donors (Lipinski definition) is 1. The van der Waals surface area contributed by atoms with E-state index in [1.807, 2.05) is 48.5 Å². The first-order chi connectivity index (χ1) is 15.0. The van der Waals surface area contributed by atoms with E-state index in [4.69, 9.17) is 8.92 Å². The summed E-state index contributed by atoms with van der Waals surface area (Å²) in [6.45, 7) is 0.788. The van der Waals surface area contributed by atoms with Crippen LogP contribution in [0.4, 0.5) is 11.4 Å². The summed E-state index contributed by atoms with van der Waals surface area (Å²) in [4.78, 5) is 4.40. The summed E-state index contributed by atoms with van der Waals surface area (Å²) in [5, 5.41) is 4.32. The van der Waals surface area contributed by atoms with Gasteiger partial charge >= 0.3 is 0 Å². The first-order valence-electron chi connectivity index (χ1n) is 10.7. The predicted octanol–water partition coefficient (Wildman–Crippen LogP) is 5.41. The molecule has 2 aromatic carbocycles. The summed E-state index contributed by atoms with van der Waals surface area (Å²) >= 11 is 0. The van der Waals surface area contributed by atoms with E-state index in [0.29, 0.717) is 5.92 Å². The van der Waals surface area contributed by atoms with Gasteiger partial charge in [-0.15, -0.1) is 0 Å². The Morgan fingerprint density at radius 3 is 2.55 bits per heavy atom. The number of rotatable bonds is 8. The minimum Gasteiger partial charge on any atom is -0.493 e. The van der Waals surface area contributed by atoms with Gasteiger partial charge in [0.25, 0.3) is 10.1 Å². The van der Waals surface area contributed by atoms with Crippen molar-refractivity contribution in [3.05, 3.63) is 60.3 Å². The van der Waals surface area contributed by atoms with Gasteiger partial charge in [-0.05, 0) is 66.8 Å². The molecule has 0 bridgehead atoms. The number of ether oxygens (including phenoxy) is 1. The summed E-state index contributed by atoms with van der Waals surface area (Å²) in [6, 6.07) is 15.5. The topological polar surface area (TPSA) is 77.5 Å². The monoisotopic (exact) mass is 440 g/mol. The standard InChI is InChI=1S/C24H28N2O4S/c1-31(27,28)30-17-19-7-12-23-22(15-19)24(13-14-25-23)26-20-8-10-21(11-9-20)29-16-18-5-3-2-4-6-18/h7-15,18H,2-6,16-17H2,1H3,(H,25,26). The van der Waals surface area contributed by atoms with Crippen molar-refractivity contribution in [3.8, 4) is 5.75 Å². The number of hydrogen-bond acceptors (Lipinski definition) is 6. The van der Waals surface area contributed by atoms with Crippen molar-refractivity contribution < 1.29 is 17.3 Å². The minimum absolute atomic E-state index is 0.00383. The summed E-state index contributed by atoms with van der Waals surface area (Å²) in [5.41, 5.74) is 3.42. The van der Waals surface area contributed by atoms with E-state index >= 15 is 0 Å². The van der Waals surface area contributed by atoms with Crippen LogP contribution < -0.4 is 10.1 Å². The third kappa shape index (κ3) is 6.18. The Labute approximate surface area is 183 Å². The average molecular weight is 441 g/mol. The molecular weight excluding hydrogens is 412 g/mol. The molecule has 0 aliphatic heterocycles. The number of nitrogens with one attached hydrogen (secondary N) is 1. The highest BCUT2D eigenvalue weighted by atomic mass is 32.2. The van der Waals surface area contributed by atoms with E-state index in [1.165, 1.54) is 32.1 Å². The molecule has 6 nitrogen and oxygen atoms in total. The Morgan fingerprint density at radius 2 is 1.81 bits per heavy atom. The van der Waals surface area contributed by atoms with E-state index in [2.05, 4.69) is 10.3 Å². The fourth-order valence-corrected chi connectivity index (χ4v) is 4.28. The lowest BCUT2D eigenvalue weighted by atomic mass is 9.90. The van der Waals surface area contributed by atoms with Gasteiger partial charge in [0.05, 0.1) is 25.0 Å². The molecule has 1 aliphatic rings. The summed E-state index contributed by atoms with van der Waals surface area (Å²) < 4.78 is 33.5. The third-order valence-electron chi connectivity index (χ3n) is 5.59. The van der Waals surface area contributed by atoms with Crippen molar-refractivity contribution in [2.75, 3.05) is 18.2 Å². The number of nitrogens with zero attached hydrogens (tertiary/aromatic N) is 1. The van der Waals surface area contributed by atoms with Crippen molar-refractivity contribution in [1.29, 1.82) is 0 Å². The maximum Gasteiger partial charge on any atom is 0.264 e. The SMILES string of the molecule is CS(=O)(=O)OCc1ccc2nccc(Nc3ccc(OCC4CCCCC4)cc3)c2c1. The molecule has 1 saturated carbocycles. The largest absolute Gasteiger partial charge is 0.493 e.